The van der Waals surface area contributed by atoms with Crippen LogP contribution < -0.4 is 0 Å². The van der Waals surface area contributed by atoms with Crippen LogP contribution in [-0.4, -0.2) is 48.1 Å². The summed E-state index contributed by atoms with van der Waals surface area (Å²) in [4.78, 5) is 22.5. The first-order valence-electron chi connectivity index (χ1n) is 7.64. The third-order valence-corrected chi connectivity index (χ3v) is 3.57. The highest BCUT2D eigenvalue weighted by molar-refractivity contribution is 5.69. The Bertz CT molecular complexity index is 343. The van der Waals surface area contributed by atoms with Crippen LogP contribution in [0.2, 0.25) is 0 Å². The highest BCUT2D eigenvalue weighted by Crippen LogP contribution is 2.29. The van der Waals surface area contributed by atoms with Crippen molar-refractivity contribution in [2.24, 2.45) is 0 Å². The van der Waals surface area contributed by atoms with E-state index in [4.69, 9.17) is 14.2 Å². The smallest absolute Gasteiger partial charge is 0.305 e. The second-order valence-corrected chi connectivity index (χ2v) is 5.27. The molecule has 1 aliphatic heterocycles. The summed E-state index contributed by atoms with van der Waals surface area (Å²) >= 11 is 0. The summed E-state index contributed by atoms with van der Waals surface area (Å²) < 4.78 is 15.9. The topological polar surface area (TPSA) is 82.1 Å². The molecule has 1 N–H and O–H groups in total. The Morgan fingerprint density at radius 1 is 1.38 bits per heavy atom. The first-order chi connectivity index (χ1) is 9.97. The van der Waals surface area contributed by atoms with Crippen LogP contribution in [-0.2, 0) is 23.8 Å². The van der Waals surface area contributed by atoms with Gasteiger partial charge < -0.3 is 19.3 Å². The molecule has 122 valence electrons. The molecule has 4 atom stereocenters. The number of ether oxygens (including phenoxy) is 3. The van der Waals surface area contributed by atoms with Gasteiger partial charge in [0.1, 0.15) is 6.10 Å². The molecular formula is C15H26O6. The minimum atomic E-state index is -0.557. The van der Waals surface area contributed by atoms with E-state index >= 15 is 0 Å². The van der Waals surface area contributed by atoms with E-state index in [1.54, 1.807) is 6.92 Å². The number of aliphatic hydroxyl groups excluding tert-OH is 1. The zero-order valence-corrected chi connectivity index (χ0v) is 13.0. The van der Waals surface area contributed by atoms with Gasteiger partial charge in [0.2, 0.25) is 0 Å². The Labute approximate surface area is 125 Å². The number of hydrogen-bond acceptors (Lipinski definition) is 6. The molecule has 0 spiro atoms. The lowest BCUT2D eigenvalue weighted by atomic mass is 10.0. The first kappa shape index (κ1) is 17.9. The highest BCUT2D eigenvalue weighted by atomic mass is 16.6. The normalized spacial score (nSPS) is 26.4. The van der Waals surface area contributed by atoms with E-state index in [1.807, 2.05) is 6.92 Å². The number of esters is 2. The lowest BCUT2D eigenvalue weighted by Gasteiger charge is -2.18. The molecule has 0 aromatic carbocycles. The van der Waals surface area contributed by atoms with Crippen molar-refractivity contribution in [1.82, 2.24) is 0 Å². The van der Waals surface area contributed by atoms with E-state index < -0.39 is 6.10 Å². The monoisotopic (exact) mass is 302 g/mol. The van der Waals surface area contributed by atoms with Crippen molar-refractivity contribution < 1.29 is 28.9 Å². The van der Waals surface area contributed by atoms with E-state index in [0.717, 1.165) is 0 Å². The molecule has 0 radical (unpaired) electrons. The standard InChI is InChI=1S/C15H26O6/c1-4-11(17)13-9-14(20-10(3)16)12(21-13)7-6-8-15(18)19-5-2/h11-14,17H,4-9H2,1-3H3/t11-,12+,13-,14-/m1/s1. The van der Waals surface area contributed by atoms with E-state index in [-0.39, 0.29) is 30.3 Å². The molecule has 0 bridgehead atoms. The first-order valence-corrected chi connectivity index (χ1v) is 7.64. The van der Waals surface area contributed by atoms with Gasteiger partial charge in [-0.15, -0.1) is 0 Å². The van der Waals surface area contributed by atoms with Crippen molar-refractivity contribution in [2.75, 3.05) is 6.61 Å². The predicted molar refractivity (Wildman–Crippen MR) is 75.6 cm³/mol. The zero-order chi connectivity index (χ0) is 15.8. The third-order valence-electron chi connectivity index (χ3n) is 3.57. The van der Waals surface area contributed by atoms with Crippen LogP contribution in [0, 0.1) is 0 Å². The Kier molecular flexibility index (Phi) is 7.67. The van der Waals surface area contributed by atoms with Crippen LogP contribution in [0.1, 0.15) is 52.9 Å². The fourth-order valence-corrected chi connectivity index (χ4v) is 2.53. The molecule has 0 aromatic heterocycles. The van der Waals surface area contributed by atoms with Gasteiger partial charge in [-0.25, -0.2) is 0 Å². The van der Waals surface area contributed by atoms with Crippen molar-refractivity contribution in [3.8, 4) is 0 Å². The molecule has 1 heterocycles. The number of carbonyl (C=O) groups excluding carboxylic acids is 2. The molecule has 1 saturated heterocycles. The summed E-state index contributed by atoms with van der Waals surface area (Å²) in [5.41, 5.74) is 0. The van der Waals surface area contributed by atoms with Crippen molar-refractivity contribution in [2.45, 2.75) is 77.3 Å². The van der Waals surface area contributed by atoms with Gasteiger partial charge in [0.25, 0.3) is 0 Å². The fourth-order valence-electron chi connectivity index (χ4n) is 2.53. The van der Waals surface area contributed by atoms with E-state index in [0.29, 0.717) is 38.7 Å². The summed E-state index contributed by atoms with van der Waals surface area (Å²) in [7, 11) is 0. The molecule has 0 aliphatic carbocycles. The van der Waals surface area contributed by atoms with Crippen LogP contribution in [0.5, 0.6) is 0 Å². The van der Waals surface area contributed by atoms with Gasteiger partial charge in [0.15, 0.2) is 0 Å². The van der Waals surface area contributed by atoms with E-state index in [1.165, 1.54) is 6.92 Å². The minimum Gasteiger partial charge on any atom is -0.466 e. The van der Waals surface area contributed by atoms with Crippen LogP contribution in [0.25, 0.3) is 0 Å². The summed E-state index contributed by atoms with van der Waals surface area (Å²) in [6.45, 7) is 5.38. The lowest BCUT2D eigenvalue weighted by Crippen LogP contribution is -2.26. The van der Waals surface area contributed by atoms with Gasteiger partial charge in [-0.2, -0.15) is 0 Å². The Morgan fingerprint density at radius 2 is 2.10 bits per heavy atom. The molecule has 6 heteroatoms. The number of hydrogen-bond donors (Lipinski definition) is 1. The van der Waals surface area contributed by atoms with Crippen molar-refractivity contribution >= 4 is 11.9 Å². The lowest BCUT2D eigenvalue weighted by molar-refractivity contribution is -0.150. The number of aliphatic hydroxyl groups is 1. The largest absolute Gasteiger partial charge is 0.466 e. The predicted octanol–water partition coefficient (Wildman–Crippen LogP) is 1.58. The fraction of sp³-hybridized carbons (Fsp3) is 0.867. The minimum absolute atomic E-state index is 0.232. The summed E-state index contributed by atoms with van der Waals surface area (Å²) in [5, 5.41) is 9.87. The maximum atomic E-state index is 11.3. The third kappa shape index (κ3) is 6.01. The Balaban J connectivity index is 2.47. The maximum Gasteiger partial charge on any atom is 0.305 e. The molecule has 6 nitrogen and oxygen atoms in total. The van der Waals surface area contributed by atoms with Gasteiger partial charge in [-0.3, -0.25) is 9.59 Å². The van der Waals surface area contributed by atoms with Crippen molar-refractivity contribution in [3.05, 3.63) is 0 Å². The average molecular weight is 302 g/mol. The second kappa shape index (κ2) is 9.00. The van der Waals surface area contributed by atoms with Crippen LogP contribution in [0.3, 0.4) is 0 Å². The Hall–Kier alpha value is -1.14. The maximum absolute atomic E-state index is 11.3. The molecule has 0 unspecified atom stereocenters. The SMILES string of the molecule is CCOC(=O)CCC[C@@H]1O[C@@H]([C@H](O)CC)C[C@H]1OC(C)=O. The number of carbonyl (C=O) groups is 2. The Morgan fingerprint density at radius 3 is 2.67 bits per heavy atom. The van der Waals surface area contributed by atoms with Crippen molar-refractivity contribution in [3.63, 3.8) is 0 Å². The molecule has 1 rings (SSSR count). The quantitative estimate of drug-likeness (QED) is 0.686. The second-order valence-electron chi connectivity index (χ2n) is 5.27. The average Bonchev–Trinajstić information content (AvgIpc) is 2.80. The molecule has 0 aromatic rings. The van der Waals surface area contributed by atoms with Gasteiger partial charge in [-0.1, -0.05) is 6.92 Å². The van der Waals surface area contributed by atoms with Gasteiger partial charge in [0, 0.05) is 19.8 Å². The summed E-state index contributed by atoms with van der Waals surface area (Å²) in [6, 6.07) is 0. The van der Waals surface area contributed by atoms with Crippen LogP contribution in [0.15, 0.2) is 0 Å². The molecule has 0 saturated carbocycles. The highest BCUT2D eigenvalue weighted by Gasteiger charge is 2.39. The molecule has 21 heavy (non-hydrogen) atoms. The van der Waals surface area contributed by atoms with Crippen molar-refractivity contribution in [1.29, 1.82) is 0 Å². The van der Waals surface area contributed by atoms with Gasteiger partial charge in [0.05, 0.1) is 24.9 Å². The summed E-state index contributed by atoms with van der Waals surface area (Å²) in [6.07, 6.45) is 1.13. The van der Waals surface area contributed by atoms with E-state index in [9.17, 15) is 14.7 Å². The van der Waals surface area contributed by atoms with Gasteiger partial charge >= 0.3 is 11.9 Å². The van der Waals surface area contributed by atoms with Crippen LogP contribution >= 0.6 is 0 Å². The zero-order valence-electron chi connectivity index (χ0n) is 13.0. The molecule has 1 aliphatic rings. The molecule has 1 fully saturated rings. The van der Waals surface area contributed by atoms with Crippen LogP contribution in [0.4, 0.5) is 0 Å². The van der Waals surface area contributed by atoms with E-state index in [2.05, 4.69) is 0 Å². The van der Waals surface area contributed by atoms with Gasteiger partial charge in [-0.05, 0) is 26.2 Å². The number of rotatable bonds is 8. The molecule has 0 amide bonds. The summed E-state index contributed by atoms with van der Waals surface area (Å²) in [5.74, 6) is -0.588. The molecular weight excluding hydrogens is 276 g/mol.